The van der Waals surface area contributed by atoms with Crippen LogP contribution in [0.2, 0.25) is 5.02 Å². The summed E-state index contributed by atoms with van der Waals surface area (Å²) in [6, 6.07) is 11.8. The highest BCUT2D eigenvalue weighted by Crippen LogP contribution is 2.48. The van der Waals surface area contributed by atoms with Crippen molar-refractivity contribution in [2.24, 2.45) is 0 Å². The Morgan fingerprint density at radius 2 is 2.00 bits per heavy atom. The Hall–Kier alpha value is -2.57. The van der Waals surface area contributed by atoms with Crippen LogP contribution in [-0.4, -0.2) is 30.2 Å². The van der Waals surface area contributed by atoms with E-state index in [0.29, 0.717) is 27.6 Å². The average molecular weight is 376 g/mol. The first-order chi connectivity index (χ1) is 12.4. The molecule has 2 N–H and O–H groups in total. The third-order valence-electron chi connectivity index (χ3n) is 4.38. The van der Waals surface area contributed by atoms with Gasteiger partial charge in [0.25, 0.3) is 5.91 Å². The maximum atomic E-state index is 13.1. The fourth-order valence-electron chi connectivity index (χ4n) is 3.15. The topological polar surface area (TPSA) is 84.9 Å². The number of carboxylic acids is 1. The standard InChI is InChI=1S/C19H18ClNO5/c1-3-15(17(22)23)26-19(12-6-4-5-7-16(12)25-2)13-10-11(20)8-9-14(13)21-18(19)24/h4-10,15H,3H2,1-2H3,(H,21,24)(H,22,23)/t15-,19?/m0/s1. The second kappa shape index (κ2) is 6.97. The van der Waals surface area contributed by atoms with Crippen molar-refractivity contribution in [2.75, 3.05) is 12.4 Å². The third kappa shape index (κ3) is 2.81. The number of anilines is 1. The zero-order chi connectivity index (χ0) is 18.9. The number of ether oxygens (including phenoxy) is 2. The molecule has 0 saturated carbocycles. The number of benzene rings is 2. The summed E-state index contributed by atoms with van der Waals surface area (Å²) >= 11 is 6.15. The molecule has 1 heterocycles. The van der Waals surface area contributed by atoms with Crippen molar-refractivity contribution in [1.29, 1.82) is 0 Å². The van der Waals surface area contributed by atoms with Crippen LogP contribution in [0.1, 0.15) is 24.5 Å². The molecule has 0 aromatic heterocycles. The van der Waals surface area contributed by atoms with Gasteiger partial charge in [0, 0.05) is 21.8 Å². The van der Waals surface area contributed by atoms with Gasteiger partial charge >= 0.3 is 5.97 Å². The first-order valence-electron chi connectivity index (χ1n) is 8.09. The molecule has 0 radical (unpaired) electrons. The molecule has 0 bridgehead atoms. The predicted molar refractivity (Wildman–Crippen MR) is 96.7 cm³/mol. The Morgan fingerprint density at radius 1 is 1.27 bits per heavy atom. The third-order valence-corrected chi connectivity index (χ3v) is 4.62. The van der Waals surface area contributed by atoms with Crippen molar-refractivity contribution in [1.82, 2.24) is 0 Å². The zero-order valence-corrected chi connectivity index (χ0v) is 15.0. The lowest BCUT2D eigenvalue weighted by molar-refractivity contribution is -0.165. The highest BCUT2D eigenvalue weighted by molar-refractivity contribution is 6.31. The zero-order valence-electron chi connectivity index (χ0n) is 14.3. The minimum atomic E-state index is -1.67. The van der Waals surface area contributed by atoms with Crippen molar-refractivity contribution in [3.63, 3.8) is 0 Å². The van der Waals surface area contributed by atoms with Crippen LogP contribution >= 0.6 is 11.6 Å². The summed E-state index contributed by atoms with van der Waals surface area (Å²) in [4.78, 5) is 24.7. The SMILES string of the molecule is CC[C@H](OC1(c2ccccc2OC)C(=O)Nc2ccc(Cl)cc21)C(=O)O. The fraction of sp³-hybridized carbons (Fsp3) is 0.263. The van der Waals surface area contributed by atoms with E-state index in [1.54, 1.807) is 49.4 Å². The van der Waals surface area contributed by atoms with Crippen molar-refractivity contribution in [3.8, 4) is 5.75 Å². The maximum Gasteiger partial charge on any atom is 0.332 e. The number of hydrogen-bond acceptors (Lipinski definition) is 4. The number of aliphatic carboxylic acids is 1. The summed E-state index contributed by atoms with van der Waals surface area (Å²) in [5.41, 5.74) is -0.281. The van der Waals surface area contributed by atoms with Gasteiger partial charge < -0.3 is 19.9 Å². The lowest BCUT2D eigenvalue weighted by atomic mass is 9.86. The number of amides is 1. The highest BCUT2D eigenvalue weighted by atomic mass is 35.5. The normalized spacial score (nSPS) is 19.6. The van der Waals surface area contributed by atoms with E-state index in [1.807, 2.05) is 0 Å². The van der Waals surface area contributed by atoms with Gasteiger partial charge in [-0.05, 0) is 30.7 Å². The van der Waals surface area contributed by atoms with Gasteiger partial charge in [-0.15, -0.1) is 0 Å². The molecule has 1 aliphatic rings. The number of para-hydroxylation sites is 1. The summed E-state index contributed by atoms with van der Waals surface area (Å²) in [5, 5.41) is 12.7. The second-order valence-electron chi connectivity index (χ2n) is 5.88. The maximum absolute atomic E-state index is 13.1. The van der Waals surface area contributed by atoms with E-state index >= 15 is 0 Å². The Morgan fingerprint density at radius 3 is 2.65 bits per heavy atom. The molecular formula is C19H18ClNO5. The minimum absolute atomic E-state index is 0.190. The summed E-state index contributed by atoms with van der Waals surface area (Å²) in [7, 11) is 1.48. The molecule has 26 heavy (non-hydrogen) atoms. The van der Waals surface area contributed by atoms with E-state index in [2.05, 4.69) is 5.32 Å². The van der Waals surface area contributed by atoms with Gasteiger partial charge in [-0.2, -0.15) is 0 Å². The number of nitrogens with one attached hydrogen (secondary N) is 1. The van der Waals surface area contributed by atoms with Gasteiger partial charge in [-0.1, -0.05) is 36.7 Å². The first kappa shape index (κ1) is 18.2. The number of rotatable bonds is 6. The lowest BCUT2D eigenvalue weighted by Gasteiger charge is -2.32. The van der Waals surface area contributed by atoms with Crippen LogP contribution in [0.3, 0.4) is 0 Å². The van der Waals surface area contributed by atoms with E-state index in [-0.39, 0.29) is 6.42 Å². The van der Waals surface area contributed by atoms with Gasteiger partial charge in [0.15, 0.2) is 6.10 Å². The van der Waals surface area contributed by atoms with Crippen LogP contribution < -0.4 is 10.1 Å². The van der Waals surface area contributed by atoms with E-state index in [0.717, 1.165) is 0 Å². The first-order valence-corrected chi connectivity index (χ1v) is 8.47. The second-order valence-corrected chi connectivity index (χ2v) is 6.31. The van der Waals surface area contributed by atoms with E-state index in [4.69, 9.17) is 21.1 Å². The summed E-state index contributed by atoms with van der Waals surface area (Å²) in [6.07, 6.45) is -0.995. The van der Waals surface area contributed by atoms with E-state index < -0.39 is 23.6 Å². The summed E-state index contributed by atoms with van der Waals surface area (Å²) in [5.74, 6) is -1.22. The quantitative estimate of drug-likeness (QED) is 0.808. The fourth-order valence-corrected chi connectivity index (χ4v) is 3.33. The lowest BCUT2D eigenvalue weighted by Crippen LogP contribution is -2.44. The van der Waals surface area contributed by atoms with Gasteiger partial charge in [-0.3, -0.25) is 4.79 Å². The van der Waals surface area contributed by atoms with Crippen molar-refractivity contribution < 1.29 is 24.2 Å². The van der Waals surface area contributed by atoms with E-state index in [9.17, 15) is 14.7 Å². The number of fused-ring (bicyclic) bond motifs is 1. The molecule has 0 fully saturated rings. The smallest absolute Gasteiger partial charge is 0.332 e. The highest BCUT2D eigenvalue weighted by Gasteiger charge is 2.53. The Labute approximate surface area is 155 Å². The molecule has 7 heteroatoms. The Kier molecular flexibility index (Phi) is 4.89. The largest absolute Gasteiger partial charge is 0.496 e. The van der Waals surface area contributed by atoms with Gasteiger partial charge in [0.2, 0.25) is 5.60 Å². The number of methoxy groups -OCH3 is 1. The van der Waals surface area contributed by atoms with Crippen molar-refractivity contribution in [2.45, 2.75) is 25.0 Å². The Bertz CT molecular complexity index is 869. The van der Waals surface area contributed by atoms with Crippen molar-refractivity contribution >= 4 is 29.2 Å². The monoisotopic (exact) mass is 375 g/mol. The van der Waals surface area contributed by atoms with Gasteiger partial charge in [-0.25, -0.2) is 4.79 Å². The molecule has 1 amide bonds. The van der Waals surface area contributed by atoms with Crippen LogP contribution in [0.5, 0.6) is 5.75 Å². The van der Waals surface area contributed by atoms with Crippen LogP contribution in [0.25, 0.3) is 0 Å². The number of carbonyl (C=O) groups excluding carboxylic acids is 1. The van der Waals surface area contributed by atoms with Crippen LogP contribution in [0, 0.1) is 0 Å². The molecule has 1 aliphatic heterocycles. The molecule has 6 nitrogen and oxygen atoms in total. The number of hydrogen-bond donors (Lipinski definition) is 2. The predicted octanol–water partition coefficient (Wildman–Crippen LogP) is 3.42. The van der Waals surface area contributed by atoms with Gasteiger partial charge in [0.05, 0.1) is 7.11 Å². The molecule has 2 atom stereocenters. The molecular weight excluding hydrogens is 358 g/mol. The molecule has 2 aromatic carbocycles. The molecule has 0 saturated heterocycles. The minimum Gasteiger partial charge on any atom is -0.496 e. The van der Waals surface area contributed by atoms with Crippen molar-refractivity contribution in [3.05, 3.63) is 58.6 Å². The Balaban J connectivity index is 2.29. The molecule has 2 aromatic rings. The molecule has 3 rings (SSSR count). The summed E-state index contributed by atoms with van der Waals surface area (Å²) in [6.45, 7) is 1.68. The summed E-state index contributed by atoms with van der Waals surface area (Å²) < 4.78 is 11.4. The van der Waals surface area contributed by atoms with Gasteiger partial charge in [0.1, 0.15) is 5.75 Å². The average Bonchev–Trinajstić information content (AvgIpc) is 2.91. The van der Waals surface area contributed by atoms with Crippen LogP contribution in [0.4, 0.5) is 5.69 Å². The molecule has 1 unspecified atom stereocenters. The molecule has 0 aliphatic carbocycles. The molecule has 136 valence electrons. The number of halogens is 1. The molecule has 0 spiro atoms. The van der Waals surface area contributed by atoms with Crippen LogP contribution in [0.15, 0.2) is 42.5 Å². The van der Waals surface area contributed by atoms with Crippen LogP contribution in [-0.2, 0) is 19.9 Å². The number of carbonyl (C=O) groups is 2. The number of carboxylic acid groups (broad SMARTS) is 1. The van der Waals surface area contributed by atoms with E-state index in [1.165, 1.54) is 7.11 Å².